The third kappa shape index (κ3) is 13.2. The van der Waals surface area contributed by atoms with Crippen LogP contribution in [0.4, 0.5) is 0 Å². The second-order valence-electron chi connectivity index (χ2n) is 3.03. The minimum atomic E-state index is -0.276. The predicted molar refractivity (Wildman–Crippen MR) is 59.2 cm³/mol. The van der Waals surface area contributed by atoms with E-state index in [1.807, 2.05) is 0 Å². The van der Waals surface area contributed by atoms with Gasteiger partial charge < -0.3 is 23.8 Å². The normalized spacial score (nSPS) is 10.5. The summed E-state index contributed by atoms with van der Waals surface area (Å²) < 4.78 is 19.9. The van der Waals surface area contributed by atoms with E-state index >= 15 is 0 Å². The highest BCUT2D eigenvalue weighted by Crippen LogP contribution is 1.87. The fourth-order valence-corrected chi connectivity index (χ4v) is 0.906. The molecular weight excluding hydrogens is 230 g/mol. The number of ether oxygens (including phenoxy) is 4. The Bertz CT molecular complexity index is 178. The lowest BCUT2D eigenvalue weighted by molar-refractivity contribution is -0.141. The molecule has 102 valence electrons. The third-order valence-electron chi connectivity index (χ3n) is 1.77. The van der Waals surface area contributed by atoms with Crippen LogP contribution < -0.4 is 5.90 Å². The molecule has 0 unspecified atom stereocenters. The van der Waals surface area contributed by atoms with E-state index in [0.717, 1.165) is 0 Å². The molecule has 0 aliphatic carbocycles. The number of nitrogens with two attached hydrogens (primary N) is 1. The second kappa shape index (κ2) is 13.3. The van der Waals surface area contributed by atoms with E-state index in [2.05, 4.69) is 9.57 Å². The fraction of sp³-hybridized carbons (Fsp3) is 0.900. The Morgan fingerprint density at radius 2 is 1.35 bits per heavy atom. The van der Waals surface area contributed by atoms with Crippen LogP contribution in [-0.4, -0.2) is 59.3 Å². The average Bonchev–Trinajstić information content (AvgIpc) is 2.35. The summed E-state index contributed by atoms with van der Waals surface area (Å²) in [6.07, 6.45) is 0.263. The lowest BCUT2D eigenvalue weighted by Gasteiger charge is -2.06. The summed E-state index contributed by atoms with van der Waals surface area (Å²) in [5.74, 6) is 4.53. The quantitative estimate of drug-likeness (QED) is 0.284. The lowest BCUT2D eigenvalue weighted by atomic mass is 10.5. The summed E-state index contributed by atoms with van der Waals surface area (Å²) in [4.78, 5) is 15.0. The Hall–Kier alpha value is -0.730. The monoisotopic (exact) mass is 251 g/mol. The number of hydrogen-bond donors (Lipinski definition) is 1. The van der Waals surface area contributed by atoms with Gasteiger partial charge >= 0.3 is 5.97 Å². The highest BCUT2D eigenvalue weighted by Gasteiger charge is 1.98. The van der Waals surface area contributed by atoms with Gasteiger partial charge in [-0.2, -0.15) is 0 Å². The van der Waals surface area contributed by atoms with Gasteiger partial charge in [0.1, 0.15) is 0 Å². The molecule has 0 fully saturated rings. The molecule has 7 heteroatoms. The molecule has 0 spiro atoms. The minimum Gasteiger partial charge on any atom is -0.469 e. The van der Waals surface area contributed by atoms with Gasteiger partial charge in [0, 0.05) is 0 Å². The molecule has 0 aromatic rings. The SMILES string of the molecule is COC(=O)CCOCCOCCOCCON. The Morgan fingerprint density at radius 1 is 0.882 bits per heavy atom. The van der Waals surface area contributed by atoms with Crippen molar-refractivity contribution < 1.29 is 28.6 Å². The first kappa shape index (κ1) is 16.3. The molecule has 0 aliphatic heterocycles. The standard InChI is InChI=1S/C10H21NO6/c1-13-10(12)2-3-14-4-5-15-6-7-16-8-9-17-11/h2-9,11H2,1H3. The zero-order valence-electron chi connectivity index (χ0n) is 10.2. The maximum Gasteiger partial charge on any atom is 0.307 e. The van der Waals surface area contributed by atoms with Crippen molar-refractivity contribution in [3.05, 3.63) is 0 Å². The number of carbonyl (C=O) groups excluding carboxylic acids is 1. The molecule has 0 saturated carbocycles. The Balaban J connectivity index is 2.96. The topological polar surface area (TPSA) is 89.2 Å². The first-order chi connectivity index (χ1) is 8.31. The van der Waals surface area contributed by atoms with Gasteiger partial charge in [0.25, 0.3) is 0 Å². The van der Waals surface area contributed by atoms with E-state index < -0.39 is 0 Å². The van der Waals surface area contributed by atoms with Crippen LogP contribution in [0.5, 0.6) is 0 Å². The largest absolute Gasteiger partial charge is 0.469 e. The highest BCUT2D eigenvalue weighted by molar-refractivity contribution is 5.69. The molecule has 0 rings (SSSR count). The van der Waals surface area contributed by atoms with Crippen molar-refractivity contribution in [1.29, 1.82) is 0 Å². The minimum absolute atomic E-state index is 0.263. The van der Waals surface area contributed by atoms with Crippen LogP contribution in [0, 0.1) is 0 Å². The lowest BCUT2D eigenvalue weighted by Crippen LogP contribution is -2.13. The summed E-state index contributed by atoms with van der Waals surface area (Å²) in [6.45, 7) is 3.07. The molecule has 0 aromatic carbocycles. The van der Waals surface area contributed by atoms with E-state index in [4.69, 9.17) is 20.1 Å². The molecule has 7 nitrogen and oxygen atoms in total. The van der Waals surface area contributed by atoms with E-state index in [9.17, 15) is 4.79 Å². The van der Waals surface area contributed by atoms with E-state index in [1.54, 1.807) is 0 Å². The highest BCUT2D eigenvalue weighted by atomic mass is 16.6. The molecule has 0 saturated heterocycles. The van der Waals surface area contributed by atoms with Crippen LogP contribution in [0.1, 0.15) is 6.42 Å². The summed E-state index contributed by atoms with van der Waals surface area (Å²) >= 11 is 0. The molecule has 0 bridgehead atoms. The molecule has 0 atom stereocenters. The Kier molecular flexibility index (Phi) is 12.8. The third-order valence-corrected chi connectivity index (χ3v) is 1.77. The van der Waals surface area contributed by atoms with Crippen LogP contribution in [0.25, 0.3) is 0 Å². The van der Waals surface area contributed by atoms with Crippen LogP contribution in [0.2, 0.25) is 0 Å². The van der Waals surface area contributed by atoms with Crippen molar-refractivity contribution in [2.24, 2.45) is 5.90 Å². The van der Waals surface area contributed by atoms with E-state index in [-0.39, 0.29) is 12.4 Å². The first-order valence-corrected chi connectivity index (χ1v) is 5.43. The number of rotatable bonds is 12. The van der Waals surface area contributed by atoms with Crippen LogP contribution in [-0.2, 0) is 28.6 Å². The zero-order chi connectivity index (χ0) is 12.8. The maximum atomic E-state index is 10.7. The summed E-state index contributed by atoms with van der Waals surface area (Å²) in [5, 5.41) is 0. The maximum absolute atomic E-state index is 10.7. The van der Waals surface area contributed by atoms with E-state index in [1.165, 1.54) is 7.11 Å². The van der Waals surface area contributed by atoms with Gasteiger partial charge in [0.05, 0.1) is 59.8 Å². The van der Waals surface area contributed by atoms with Gasteiger partial charge in [-0.3, -0.25) is 4.79 Å². The van der Waals surface area contributed by atoms with Crippen molar-refractivity contribution in [2.45, 2.75) is 6.42 Å². The average molecular weight is 251 g/mol. The molecule has 17 heavy (non-hydrogen) atoms. The number of carbonyl (C=O) groups is 1. The van der Waals surface area contributed by atoms with Gasteiger partial charge in [-0.25, -0.2) is 5.90 Å². The van der Waals surface area contributed by atoms with Crippen molar-refractivity contribution >= 4 is 5.97 Å². The summed E-state index contributed by atoms with van der Waals surface area (Å²) in [7, 11) is 1.35. The number of esters is 1. The van der Waals surface area contributed by atoms with Gasteiger partial charge in [0.2, 0.25) is 0 Å². The molecule has 0 aliphatic rings. The number of hydrogen-bond acceptors (Lipinski definition) is 7. The zero-order valence-corrected chi connectivity index (χ0v) is 10.2. The molecular formula is C10H21NO6. The van der Waals surface area contributed by atoms with Crippen LogP contribution >= 0.6 is 0 Å². The smallest absolute Gasteiger partial charge is 0.307 e. The van der Waals surface area contributed by atoms with Crippen molar-refractivity contribution in [1.82, 2.24) is 0 Å². The molecule has 0 aromatic heterocycles. The molecule has 2 N–H and O–H groups in total. The fourth-order valence-electron chi connectivity index (χ4n) is 0.906. The first-order valence-electron chi connectivity index (χ1n) is 5.43. The molecule has 0 heterocycles. The summed E-state index contributed by atoms with van der Waals surface area (Å²) in [5.41, 5.74) is 0. The summed E-state index contributed by atoms with van der Waals surface area (Å²) in [6, 6.07) is 0. The predicted octanol–water partition coefficient (Wildman–Crippen LogP) is -0.510. The van der Waals surface area contributed by atoms with Crippen molar-refractivity contribution in [3.63, 3.8) is 0 Å². The van der Waals surface area contributed by atoms with Crippen molar-refractivity contribution in [2.75, 3.05) is 53.4 Å². The van der Waals surface area contributed by atoms with Crippen LogP contribution in [0.3, 0.4) is 0 Å². The van der Waals surface area contributed by atoms with E-state index in [0.29, 0.717) is 46.2 Å². The van der Waals surface area contributed by atoms with Gasteiger partial charge in [0.15, 0.2) is 0 Å². The number of methoxy groups -OCH3 is 1. The van der Waals surface area contributed by atoms with Gasteiger partial charge in [-0.1, -0.05) is 0 Å². The molecule has 0 amide bonds. The second-order valence-corrected chi connectivity index (χ2v) is 3.03. The Labute approximate surface area is 101 Å². The van der Waals surface area contributed by atoms with Gasteiger partial charge in [-0.05, 0) is 0 Å². The van der Waals surface area contributed by atoms with Crippen molar-refractivity contribution in [3.8, 4) is 0 Å². The molecule has 0 radical (unpaired) electrons. The van der Waals surface area contributed by atoms with Crippen LogP contribution in [0.15, 0.2) is 0 Å². The van der Waals surface area contributed by atoms with Gasteiger partial charge in [-0.15, -0.1) is 0 Å². The Morgan fingerprint density at radius 3 is 1.82 bits per heavy atom.